The summed E-state index contributed by atoms with van der Waals surface area (Å²) in [6.45, 7) is 0. The van der Waals surface area contributed by atoms with Gasteiger partial charge in [0, 0.05) is 23.6 Å². The van der Waals surface area contributed by atoms with Crippen molar-refractivity contribution in [3.8, 4) is 17.1 Å². The molecule has 20 heavy (non-hydrogen) atoms. The summed E-state index contributed by atoms with van der Waals surface area (Å²) in [4.78, 5) is 8.61. The molecular formula is C16H19N3O. The predicted molar refractivity (Wildman–Crippen MR) is 79.4 cm³/mol. The molecule has 1 aromatic carbocycles. The third-order valence-electron chi connectivity index (χ3n) is 3.67. The van der Waals surface area contributed by atoms with E-state index in [4.69, 9.17) is 10.5 Å². The summed E-state index contributed by atoms with van der Waals surface area (Å²) in [5, 5.41) is 0. The van der Waals surface area contributed by atoms with Crippen LogP contribution in [0.2, 0.25) is 0 Å². The summed E-state index contributed by atoms with van der Waals surface area (Å²) in [5.74, 6) is 0. The highest BCUT2D eigenvalue weighted by molar-refractivity contribution is 5.65. The Morgan fingerprint density at radius 1 is 1.00 bits per heavy atom. The van der Waals surface area contributed by atoms with Crippen molar-refractivity contribution in [2.45, 2.75) is 38.2 Å². The summed E-state index contributed by atoms with van der Waals surface area (Å²) in [5.41, 5.74) is 8.50. The van der Waals surface area contributed by atoms with Gasteiger partial charge in [-0.3, -0.25) is 0 Å². The van der Waals surface area contributed by atoms with E-state index in [0.717, 1.165) is 29.7 Å². The molecule has 1 fully saturated rings. The molecule has 1 heterocycles. The van der Waals surface area contributed by atoms with Crippen LogP contribution in [0.5, 0.6) is 6.01 Å². The Hall–Kier alpha value is -2.10. The lowest BCUT2D eigenvalue weighted by Crippen LogP contribution is -2.20. The minimum absolute atomic E-state index is 0.280. The second kappa shape index (κ2) is 5.90. The molecule has 3 rings (SSSR count). The summed E-state index contributed by atoms with van der Waals surface area (Å²) in [6.07, 6.45) is 9.88. The fraction of sp³-hybridized carbons (Fsp3) is 0.375. The molecule has 0 aliphatic heterocycles. The highest BCUT2D eigenvalue weighted by Crippen LogP contribution is 2.23. The standard InChI is InChI=1S/C16H19N3O/c17-14-6-4-5-12(9-14)13-10-18-16(19-11-13)20-15-7-2-1-3-8-15/h4-6,9-11,15H,1-3,7-8,17H2. The second-order valence-electron chi connectivity index (χ2n) is 5.26. The Kier molecular flexibility index (Phi) is 3.81. The van der Waals surface area contributed by atoms with Gasteiger partial charge in [-0.15, -0.1) is 0 Å². The monoisotopic (exact) mass is 269 g/mol. The summed E-state index contributed by atoms with van der Waals surface area (Å²) < 4.78 is 5.82. The first-order valence-electron chi connectivity index (χ1n) is 7.16. The van der Waals surface area contributed by atoms with Gasteiger partial charge < -0.3 is 10.5 Å². The third-order valence-corrected chi connectivity index (χ3v) is 3.67. The van der Waals surface area contributed by atoms with E-state index in [1.807, 2.05) is 24.3 Å². The molecule has 0 bridgehead atoms. The van der Waals surface area contributed by atoms with E-state index in [1.165, 1.54) is 19.3 Å². The Balaban J connectivity index is 1.71. The van der Waals surface area contributed by atoms with Gasteiger partial charge in [-0.25, -0.2) is 9.97 Å². The predicted octanol–water partition coefficient (Wildman–Crippen LogP) is 3.44. The highest BCUT2D eigenvalue weighted by atomic mass is 16.5. The first kappa shape index (κ1) is 12.9. The van der Waals surface area contributed by atoms with Crippen LogP contribution in [0.15, 0.2) is 36.7 Å². The van der Waals surface area contributed by atoms with Gasteiger partial charge in [-0.2, -0.15) is 0 Å². The number of hydrogen-bond donors (Lipinski definition) is 1. The normalized spacial score (nSPS) is 16.0. The number of nitrogens with two attached hydrogens (primary N) is 1. The second-order valence-corrected chi connectivity index (χ2v) is 5.26. The number of anilines is 1. The van der Waals surface area contributed by atoms with Gasteiger partial charge in [0.05, 0.1) is 0 Å². The molecule has 0 amide bonds. The van der Waals surface area contributed by atoms with Crippen molar-refractivity contribution in [1.29, 1.82) is 0 Å². The fourth-order valence-electron chi connectivity index (χ4n) is 2.58. The Morgan fingerprint density at radius 2 is 1.75 bits per heavy atom. The molecule has 1 aliphatic carbocycles. The van der Waals surface area contributed by atoms with Crippen molar-refractivity contribution in [3.05, 3.63) is 36.7 Å². The minimum Gasteiger partial charge on any atom is -0.460 e. The molecule has 4 nitrogen and oxygen atoms in total. The molecule has 2 aromatic rings. The topological polar surface area (TPSA) is 61.0 Å². The Morgan fingerprint density at radius 3 is 2.45 bits per heavy atom. The third kappa shape index (κ3) is 3.07. The van der Waals surface area contributed by atoms with Crippen LogP contribution in [0.1, 0.15) is 32.1 Å². The quantitative estimate of drug-likeness (QED) is 0.867. The van der Waals surface area contributed by atoms with Crippen molar-refractivity contribution in [3.63, 3.8) is 0 Å². The minimum atomic E-state index is 0.280. The average molecular weight is 269 g/mol. The van der Waals surface area contributed by atoms with Gasteiger partial charge in [0.15, 0.2) is 0 Å². The molecule has 0 spiro atoms. The molecule has 0 saturated heterocycles. The van der Waals surface area contributed by atoms with Gasteiger partial charge in [0.2, 0.25) is 0 Å². The van der Waals surface area contributed by atoms with Crippen LogP contribution < -0.4 is 10.5 Å². The summed E-state index contributed by atoms with van der Waals surface area (Å²) in [6, 6.07) is 8.18. The van der Waals surface area contributed by atoms with Gasteiger partial charge in [-0.1, -0.05) is 18.6 Å². The first-order valence-corrected chi connectivity index (χ1v) is 7.16. The van der Waals surface area contributed by atoms with Crippen molar-refractivity contribution < 1.29 is 4.74 Å². The molecule has 1 saturated carbocycles. The lowest BCUT2D eigenvalue weighted by atomic mass is 9.98. The molecule has 0 unspecified atom stereocenters. The zero-order chi connectivity index (χ0) is 13.8. The lowest BCUT2D eigenvalue weighted by Gasteiger charge is -2.21. The number of rotatable bonds is 3. The molecule has 104 valence electrons. The molecule has 1 aliphatic rings. The average Bonchev–Trinajstić information content (AvgIpc) is 2.49. The molecule has 4 heteroatoms. The maximum Gasteiger partial charge on any atom is 0.316 e. The molecular weight excluding hydrogens is 250 g/mol. The van der Waals surface area contributed by atoms with Gasteiger partial charge in [-0.05, 0) is 43.4 Å². The molecule has 0 radical (unpaired) electrons. The van der Waals surface area contributed by atoms with E-state index in [9.17, 15) is 0 Å². The largest absolute Gasteiger partial charge is 0.460 e. The van der Waals surface area contributed by atoms with E-state index in [2.05, 4.69) is 9.97 Å². The molecule has 1 aromatic heterocycles. The highest BCUT2D eigenvalue weighted by Gasteiger charge is 2.15. The lowest BCUT2D eigenvalue weighted by molar-refractivity contribution is 0.142. The summed E-state index contributed by atoms with van der Waals surface area (Å²) >= 11 is 0. The number of benzene rings is 1. The van der Waals surface area contributed by atoms with Gasteiger partial charge in [0.1, 0.15) is 6.10 Å². The number of hydrogen-bond acceptors (Lipinski definition) is 4. The zero-order valence-corrected chi connectivity index (χ0v) is 11.5. The van der Waals surface area contributed by atoms with Crippen LogP contribution in [0.25, 0.3) is 11.1 Å². The number of ether oxygens (including phenoxy) is 1. The zero-order valence-electron chi connectivity index (χ0n) is 11.5. The Bertz CT molecular complexity index is 562. The number of aromatic nitrogens is 2. The maximum atomic E-state index is 5.82. The smallest absolute Gasteiger partial charge is 0.316 e. The summed E-state index contributed by atoms with van der Waals surface area (Å²) in [7, 11) is 0. The van der Waals surface area contributed by atoms with Crippen LogP contribution in [0, 0.1) is 0 Å². The SMILES string of the molecule is Nc1cccc(-c2cnc(OC3CCCCC3)nc2)c1. The van der Waals surface area contributed by atoms with Crippen LogP contribution in [-0.2, 0) is 0 Å². The van der Waals surface area contributed by atoms with Crippen LogP contribution in [-0.4, -0.2) is 16.1 Å². The van der Waals surface area contributed by atoms with E-state index < -0.39 is 0 Å². The maximum absolute atomic E-state index is 5.82. The van der Waals surface area contributed by atoms with Crippen molar-refractivity contribution in [1.82, 2.24) is 9.97 Å². The fourth-order valence-corrected chi connectivity index (χ4v) is 2.58. The van der Waals surface area contributed by atoms with Gasteiger partial charge in [0.25, 0.3) is 0 Å². The Labute approximate surface area is 119 Å². The van der Waals surface area contributed by atoms with Crippen LogP contribution in [0.3, 0.4) is 0 Å². The number of nitrogens with zero attached hydrogens (tertiary/aromatic N) is 2. The van der Waals surface area contributed by atoms with Crippen molar-refractivity contribution in [2.24, 2.45) is 0 Å². The van der Waals surface area contributed by atoms with Gasteiger partial charge >= 0.3 is 6.01 Å². The van der Waals surface area contributed by atoms with Crippen molar-refractivity contribution in [2.75, 3.05) is 5.73 Å². The number of nitrogen functional groups attached to an aromatic ring is 1. The van der Waals surface area contributed by atoms with E-state index in [0.29, 0.717) is 6.01 Å². The van der Waals surface area contributed by atoms with Crippen molar-refractivity contribution >= 4 is 5.69 Å². The first-order chi connectivity index (χ1) is 9.81. The van der Waals surface area contributed by atoms with E-state index >= 15 is 0 Å². The van der Waals surface area contributed by atoms with E-state index in [-0.39, 0.29) is 6.10 Å². The van der Waals surface area contributed by atoms with E-state index in [1.54, 1.807) is 12.4 Å². The van der Waals surface area contributed by atoms with Crippen LogP contribution in [0.4, 0.5) is 5.69 Å². The van der Waals surface area contributed by atoms with Crippen LogP contribution >= 0.6 is 0 Å². The molecule has 2 N–H and O–H groups in total. The molecule has 0 atom stereocenters.